The van der Waals surface area contributed by atoms with E-state index in [0.717, 1.165) is 15.7 Å². The smallest absolute Gasteiger partial charge is 0.143 e. The topological polar surface area (TPSA) is 69.6 Å². The molecule has 2 aromatic heterocycles. The van der Waals surface area contributed by atoms with Gasteiger partial charge >= 0.3 is 0 Å². The SMILES string of the molecule is Cc1cc(Sc2cncc(N)n2)n(C)n1. The molecule has 0 aliphatic heterocycles. The molecule has 0 saturated carbocycles. The Morgan fingerprint density at radius 2 is 2.20 bits per heavy atom. The lowest BCUT2D eigenvalue weighted by molar-refractivity contribution is 0.692. The molecule has 0 saturated heterocycles. The fourth-order valence-corrected chi connectivity index (χ4v) is 2.08. The van der Waals surface area contributed by atoms with Gasteiger partial charge < -0.3 is 5.73 Å². The molecule has 0 spiro atoms. The van der Waals surface area contributed by atoms with E-state index in [0.29, 0.717) is 5.82 Å². The van der Waals surface area contributed by atoms with Gasteiger partial charge in [-0.25, -0.2) is 4.98 Å². The first-order valence-electron chi connectivity index (χ1n) is 4.41. The van der Waals surface area contributed by atoms with Gasteiger partial charge in [0.15, 0.2) is 0 Å². The van der Waals surface area contributed by atoms with E-state index in [1.165, 1.54) is 18.0 Å². The molecule has 0 aromatic carbocycles. The van der Waals surface area contributed by atoms with Crippen LogP contribution in [0.4, 0.5) is 5.82 Å². The minimum atomic E-state index is 0.430. The summed E-state index contributed by atoms with van der Waals surface area (Å²) in [5.74, 6) is 0.430. The zero-order valence-electron chi connectivity index (χ0n) is 8.51. The standard InChI is InChI=1S/C9H11N5S/c1-6-3-9(14(2)13-6)15-8-5-11-4-7(10)12-8/h3-5H,1-2H3,(H2,10,12). The van der Waals surface area contributed by atoms with Gasteiger partial charge in [-0.05, 0) is 24.8 Å². The molecule has 5 nitrogen and oxygen atoms in total. The average Bonchev–Trinajstić information content (AvgIpc) is 2.45. The zero-order valence-corrected chi connectivity index (χ0v) is 9.32. The van der Waals surface area contributed by atoms with Crippen molar-refractivity contribution in [2.45, 2.75) is 17.0 Å². The van der Waals surface area contributed by atoms with E-state index < -0.39 is 0 Å². The first kappa shape index (κ1) is 9.97. The maximum Gasteiger partial charge on any atom is 0.143 e. The van der Waals surface area contributed by atoms with Crippen molar-refractivity contribution in [2.24, 2.45) is 7.05 Å². The number of nitrogens with zero attached hydrogens (tertiary/aromatic N) is 4. The van der Waals surface area contributed by atoms with Gasteiger partial charge in [-0.3, -0.25) is 9.67 Å². The lowest BCUT2D eigenvalue weighted by Crippen LogP contribution is -1.95. The summed E-state index contributed by atoms with van der Waals surface area (Å²) >= 11 is 1.50. The number of hydrogen-bond acceptors (Lipinski definition) is 5. The van der Waals surface area contributed by atoms with Crippen molar-refractivity contribution in [2.75, 3.05) is 5.73 Å². The molecule has 0 radical (unpaired) electrons. The number of nitrogens with two attached hydrogens (primary N) is 1. The Balaban J connectivity index is 2.25. The molecule has 6 heteroatoms. The highest BCUT2D eigenvalue weighted by Gasteiger charge is 2.05. The van der Waals surface area contributed by atoms with E-state index in [2.05, 4.69) is 15.1 Å². The van der Waals surface area contributed by atoms with E-state index in [-0.39, 0.29) is 0 Å². The molecule has 0 aliphatic rings. The molecule has 0 unspecified atom stereocenters. The normalized spacial score (nSPS) is 10.5. The number of hydrogen-bond donors (Lipinski definition) is 1. The zero-order chi connectivity index (χ0) is 10.8. The molecule has 0 aliphatic carbocycles. The van der Waals surface area contributed by atoms with Gasteiger partial charge in [0, 0.05) is 7.05 Å². The molecule has 2 N–H and O–H groups in total. The van der Waals surface area contributed by atoms with Gasteiger partial charge in [0.05, 0.1) is 18.1 Å². The maximum absolute atomic E-state index is 5.55. The van der Waals surface area contributed by atoms with Crippen LogP contribution in [0.2, 0.25) is 0 Å². The second-order valence-electron chi connectivity index (χ2n) is 3.13. The monoisotopic (exact) mass is 221 g/mol. The molecule has 0 atom stereocenters. The van der Waals surface area contributed by atoms with E-state index >= 15 is 0 Å². The Labute approximate surface area is 91.7 Å². The van der Waals surface area contributed by atoms with Crippen molar-refractivity contribution < 1.29 is 0 Å². The third kappa shape index (κ3) is 2.27. The summed E-state index contributed by atoms with van der Waals surface area (Å²) in [4.78, 5) is 8.13. The average molecular weight is 221 g/mol. The highest BCUT2D eigenvalue weighted by molar-refractivity contribution is 7.99. The highest BCUT2D eigenvalue weighted by Crippen LogP contribution is 2.25. The van der Waals surface area contributed by atoms with Crippen LogP contribution < -0.4 is 5.73 Å². The molecule has 0 fully saturated rings. The first-order chi connectivity index (χ1) is 7.15. The lowest BCUT2D eigenvalue weighted by Gasteiger charge is -2.00. The number of aromatic nitrogens is 4. The van der Waals surface area contributed by atoms with Crippen LogP contribution >= 0.6 is 11.8 Å². The van der Waals surface area contributed by atoms with Gasteiger partial charge in [0.2, 0.25) is 0 Å². The van der Waals surface area contributed by atoms with Crippen molar-refractivity contribution in [1.82, 2.24) is 19.7 Å². The predicted molar refractivity (Wildman–Crippen MR) is 58.5 cm³/mol. The molecule has 78 valence electrons. The second-order valence-corrected chi connectivity index (χ2v) is 4.17. The van der Waals surface area contributed by atoms with E-state index in [4.69, 9.17) is 5.73 Å². The summed E-state index contributed by atoms with van der Waals surface area (Å²) in [6, 6.07) is 2.00. The van der Waals surface area contributed by atoms with Gasteiger partial charge in [-0.15, -0.1) is 0 Å². The summed E-state index contributed by atoms with van der Waals surface area (Å²) in [5, 5.41) is 6.04. The number of aryl methyl sites for hydroxylation is 2. The van der Waals surface area contributed by atoms with Crippen LogP contribution in [0.25, 0.3) is 0 Å². The Morgan fingerprint density at radius 1 is 1.40 bits per heavy atom. The van der Waals surface area contributed by atoms with Crippen LogP contribution in [0.1, 0.15) is 5.69 Å². The summed E-state index contributed by atoms with van der Waals surface area (Å²) in [7, 11) is 1.90. The van der Waals surface area contributed by atoms with Crippen molar-refractivity contribution in [3.8, 4) is 0 Å². The molecule has 0 bridgehead atoms. The summed E-state index contributed by atoms with van der Waals surface area (Å²) in [6.45, 7) is 1.95. The number of nitrogen functional groups attached to an aromatic ring is 1. The minimum absolute atomic E-state index is 0.430. The summed E-state index contributed by atoms with van der Waals surface area (Å²) in [5.41, 5.74) is 6.53. The Morgan fingerprint density at radius 3 is 2.80 bits per heavy atom. The van der Waals surface area contributed by atoms with Crippen LogP contribution in [0, 0.1) is 6.92 Å². The van der Waals surface area contributed by atoms with Gasteiger partial charge in [-0.2, -0.15) is 5.10 Å². The van der Waals surface area contributed by atoms with E-state index in [9.17, 15) is 0 Å². The molecular formula is C9H11N5S. The Kier molecular flexibility index (Phi) is 2.59. The van der Waals surface area contributed by atoms with Crippen LogP contribution in [0.15, 0.2) is 28.5 Å². The summed E-state index contributed by atoms with van der Waals surface area (Å²) in [6.07, 6.45) is 3.21. The van der Waals surface area contributed by atoms with E-state index in [1.807, 2.05) is 24.7 Å². The Bertz CT molecular complexity index is 479. The fourth-order valence-electron chi connectivity index (χ4n) is 1.20. The molecular weight excluding hydrogens is 210 g/mol. The number of anilines is 1. The molecule has 2 aromatic rings. The van der Waals surface area contributed by atoms with E-state index in [1.54, 1.807) is 6.20 Å². The fraction of sp³-hybridized carbons (Fsp3) is 0.222. The molecule has 2 rings (SSSR count). The quantitative estimate of drug-likeness (QED) is 0.826. The lowest BCUT2D eigenvalue weighted by atomic mass is 10.5. The third-order valence-corrected chi connectivity index (χ3v) is 2.80. The van der Waals surface area contributed by atoms with Crippen molar-refractivity contribution >= 4 is 17.6 Å². The van der Waals surface area contributed by atoms with Crippen LogP contribution in [0.3, 0.4) is 0 Å². The highest BCUT2D eigenvalue weighted by atomic mass is 32.2. The Hall–Kier alpha value is -1.56. The maximum atomic E-state index is 5.55. The van der Waals surface area contributed by atoms with Crippen LogP contribution in [-0.2, 0) is 7.05 Å². The van der Waals surface area contributed by atoms with Crippen molar-refractivity contribution in [1.29, 1.82) is 0 Å². The summed E-state index contributed by atoms with van der Waals surface area (Å²) < 4.78 is 1.81. The van der Waals surface area contributed by atoms with Crippen LogP contribution in [0.5, 0.6) is 0 Å². The minimum Gasteiger partial charge on any atom is -0.382 e. The largest absolute Gasteiger partial charge is 0.382 e. The van der Waals surface area contributed by atoms with Crippen LogP contribution in [-0.4, -0.2) is 19.7 Å². The molecule has 15 heavy (non-hydrogen) atoms. The van der Waals surface area contributed by atoms with Crippen molar-refractivity contribution in [3.05, 3.63) is 24.2 Å². The molecule has 0 amide bonds. The predicted octanol–water partition coefficient (Wildman–Crippen LogP) is 1.25. The first-order valence-corrected chi connectivity index (χ1v) is 5.23. The van der Waals surface area contributed by atoms with Gasteiger partial charge in [-0.1, -0.05) is 0 Å². The number of rotatable bonds is 2. The van der Waals surface area contributed by atoms with Crippen molar-refractivity contribution in [3.63, 3.8) is 0 Å². The second kappa shape index (κ2) is 3.90. The molecule has 2 heterocycles. The van der Waals surface area contributed by atoms with Gasteiger partial charge in [0.25, 0.3) is 0 Å². The third-order valence-electron chi connectivity index (χ3n) is 1.80. The van der Waals surface area contributed by atoms with Gasteiger partial charge in [0.1, 0.15) is 15.9 Å².